The van der Waals surface area contributed by atoms with E-state index in [4.69, 9.17) is 10.5 Å². The molecule has 0 amide bonds. The number of ether oxygens (including phenoxy) is 1. The van der Waals surface area contributed by atoms with E-state index in [0.717, 1.165) is 19.4 Å². The fourth-order valence-electron chi connectivity index (χ4n) is 2.22. The predicted molar refractivity (Wildman–Crippen MR) is 80.7 cm³/mol. The smallest absolute Gasteiger partial charge is 0.188 e. The van der Waals surface area contributed by atoms with Gasteiger partial charge < -0.3 is 15.8 Å². The molecule has 106 valence electrons. The van der Waals surface area contributed by atoms with Crippen molar-refractivity contribution in [3.8, 4) is 0 Å². The van der Waals surface area contributed by atoms with E-state index in [2.05, 4.69) is 42.5 Å². The second-order valence-electron chi connectivity index (χ2n) is 5.24. The van der Waals surface area contributed by atoms with Crippen LogP contribution in [-0.2, 0) is 16.8 Å². The molecule has 0 fully saturated rings. The number of nitrogens with zero attached hydrogens (tertiary/aromatic N) is 1. The maximum atomic E-state index is 5.95. The number of hydrogen-bond donors (Lipinski definition) is 2. The Morgan fingerprint density at radius 3 is 3.21 bits per heavy atom. The molecule has 2 rings (SSSR count). The zero-order chi connectivity index (χ0) is 13.9. The van der Waals surface area contributed by atoms with Crippen molar-refractivity contribution >= 4 is 17.3 Å². The van der Waals surface area contributed by atoms with E-state index < -0.39 is 0 Å². The molecule has 0 bridgehead atoms. The van der Waals surface area contributed by atoms with Gasteiger partial charge in [0.25, 0.3) is 0 Å². The van der Waals surface area contributed by atoms with Crippen LogP contribution in [0.3, 0.4) is 0 Å². The predicted octanol–water partition coefficient (Wildman–Crippen LogP) is 2.24. The van der Waals surface area contributed by atoms with Crippen LogP contribution >= 0.6 is 11.3 Å². The molecule has 1 aromatic heterocycles. The molecule has 2 unspecified atom stereocenters. The summed E-state index contributed by atoms with van der Waals surface area (Å²) in [7, 11) is 0. The lowest BCUT2D eigenvalue weighted by atomic mass is 9.93. The molecule has 0 aliphatic carbocycles. The average molecular weight is 281 g/mol. The van der Waals surface area contributed by atoms with Crippen LogP contribution in [0.5, 0.6) is 0 Å². The molecule has 0 aromatic carbocycles. The van der Waals surface area contributed by atoms with Crippen LogP contribution in [0.25, 0.3) is 0 Å². The topological polar surface area (TPSA) is 59.6 Å². The van der Waals surface area contributed by atoms with Crippen LogP contribution in [0.1, 0.15) is 37.6 Å². The Hall–Kier alpha value is -1.07. The first-order valence-corrected chi connectivity index (χ1v) is 7.70. The minimum atomic E-state index is -0.338. The van der Waals surface area contributed by atoms with Gasteiger partial charge in [-0.3, -0.25) is 4.99 Å². The first-order valence-electron chi connectivity index (χ1n) is 6.82. The van der Waals surface area contributed by atoms with Crippen molar-refractivity contribution in [1.82, 2.24) is 5.32 Å². The first kappa shape index (κ1) is 14.3. The number of aliphatic imine (C=N–C) groups is 1. The van der Waals surface area contributed by atoms with Crippen molar-refractivity contribution < 1.29 is 4.74 Å². The SMILES string of the molecule is CCC(C)NC(N)=NCC1(C)OCCc2sccc21. The first-order chi connectivity index (χ1) is 9.05. The van der Waals surface area contributed by atoms with Gasteiger partial charge in [0.1, 0.15) is 5.60 Å². The summed E-state index contributed by atoms with van der Waals surface area (Å²) >= 11 is 1.80. The Morgan fingerprint density at radius 1 is 1.68 bits per heavy atom. The average Bonchev–Trinajstić information content (AvgIpc) is 2.86. The Labute approximate surface area is 119 Å². The molecule has 19 heavy (non-hydrogen) atoms. The van der Waals surface area contributed by atoms with Gasteiger partial charge in [-0.25, -0.2) is 0 Å². The van der Waals surface area contributed by atoms with Gasteiger partial charge in [0.2, 0.25) is 0 Å². The van der Waals surface area contributed by atoms with Gasteiger partial charge in [-0.1, -0.05) is 6.92 Å². The summed E-state index contributed by atoms with van der Waals surface area (Å²) in [6.07, 6.45) is 2.03. The molecule has 4 nitrogen and oxygen atoms in total. The monoisotopic (exact) mass is 281 g/mol. The van der Waals surface area contributed by atoms with E-state index in [-0.39, 0.29) is 5.60 Å². The maximum absolute atomic E-state index is 5.95. The Morgan fingerprint density at radius 2 is 2.47 bits per heavy atom. The highest BCUT2D eigenvalue weighted by molar-refractivity contribution is 7.10. The summed E-state index contributed by atoms with van der Waals surface area (Å²) in [5, 5.41) is 5.31. The van der Waals surface area contributed by atoms with E-state index in [0.29, 0.717) is 18.5 Å². The highest BCUT2D eigenvalue weighted by Gasteiger charge is 2.33. The zero-order valence-electron chi connectivity index (χ0n) is 11.9. The van der Waals surface area contributed by atoms with E-state index in [9.17, 15) is 0 Å². The Balaban J connectivity index is 2.05. The normalized spacial score (nSPS) is 24.9. The van der Waals surface area contributed by atoms with Crippen LogP contribution in [0.2, 0.25) is 0 Å². The lowest BCUT2D eigenvalue weighted by Gasteiger charge is -2.33. The molecular weight excluding hydrogens is 258 g/mol. The zero-order valence-corrected chi connectivity index (χ0v) is 12.7. The fraction of sp³-hybridized carbons (Fsp3) is 0.643. The number of nitrogens with two attached hydrogens (primary N) is 1. The third-order valence-electron chi connectivity index (χ3n) is 3.62. The van der Waals surface area contributed by atoms with E-state index in [1.54, 1.807) is 11.3 Å². The van der Waals surface area contributed by atoms with Crippen molar-refractivity contribution in [2.75, 3.05) is 13.2 Å². The number of rotatable bonds is 4. The maximum Gasteiger partial charge on any atom is 0.188 e. The molecule has 2 atom stereocenters. The van der Waals surface area contributed by atoms with Gasteiger partial charge in [-0.2, -0.15) is 0 Å². The minimum Gasteiger partial charge on any atom is -0.370 e. The van der Waals surface area contributed by atoms with Crippen molar-refractivity contribution in [2.45, 2.75) is 45.3 Å². The Bertz CT molecular complexity index is 457. The minimum absolute atomic E-state index is 0.338. The van der Waals surface area contributed by atoms with E-state index in [1.165, 1.54) is 10.4 Å². The molecule has 1 aromatic rings. The number of nitrogens with one attached hydrogen (secondary N) is 1. The van der Waals surface area contributed by atoms with Gasteiger partial charge in [-0.05, 0) is 37.3 Å². The summed E-state index contributed by atoms with van der Waals surface area (Å²) in [6.45, 7) is 7.63. The van der Waals surface area contributed by atoms with E-state index >= 15 is 0 Å². The van der Waals surface area contributed by atoms with Crippen molar-refractivity contribution in [3.05, 3.63) is 21.9 Å². The molecule has 0 spiro atoms. The summed E-state index contributed by atoms with van der Waals surface area (Å²) in [6, 6.07) is 2.49. The molecule has 3 N–H and O–H groups in total. The molecule has 0 radical (unpaired) electrons. The van der Waals surface area contributed by atoms with Crippen molar-refractivity contribution in [3.63, 3.8) is 0 Å². The van der Waals surface area contributed by atoms with Crippen LogP contribution in [0, 0.1) is 0 Å². The van der Waals surface area contributed by atoms with Crippen LogP contribution in [0.15, 0.2) is 16.4 Å². The van der Waals surface area contributed by atoms with Gasteiger partial charge in [-0.15, -0.1) is 11.3 Å². The van der Waals surface area contributed by atoms with Gasteiger partial charge >= 0.3 is 0 Å². The molecule has 5 heteroatoms. The molecular formula is C14H23N3OS. The summed E-state index contributed by atoms with van der Waals surface area (Å²) in [5.41, 5.74) is 6.84. The van der Waals surface area contributed by atoms with Crippen molar-refractivity contribution in [2.24, 2.45) is 10.7 Å². The van der Waals surface area contributed by atoms with Crippen LogP contribution < -0.4 is 11.1 Å². The van der Waals surface area contributed by atoms with Crippen LogP contribution in [-0.4, -0.2) is 25.2 Å². The second-order valence-corrected chi connectivity index (χ2v) is 6.24. The third-order valence-corrected chi connectivity index (χ3v) is 4.60. The fourth-order valence-corrected chi connectivity index (χ4v) is 3.20. The lowest BCUT2D eigenvalue weighted by molar-refractivity contribution is -0.0375. The highest BCUT2D eigenvalue weighted by Crippen LogP contribution is 2.36. The van der Waals surface area contributed by atoms with Crippen LogP contribution in [0.4, 0.5) is 0 Å². The molecule has 0 saturated heterocycles. The number of guanidine groups is 1. The largest absolute Gasteiger partial charge is 0.370 e. The Kier molecular flexibility index (Phi) is 4.47. The molecule has 1 aliphatic rings. The molecule has 1 aliphatic heterocycles. The number of fused-ring (bicyclic) bond motifs is 1. The van der Waals surface area contributed by atoms with Crippen molar-refractivity contribution in [1.29, 1.82) is 0 Å². The standard InChI is InChI=1S/C14H23N3OS/c1-4-10(2)17-13(15)16-9-14(3)11-6-8-19-12(11)5-7-18-14/h6,8,10H,4-5,7,9H2,1-3H3,(H3,15,16,17). The van der Waals surface area contributed by atoms with Gasteiger partial charge in [0, 0.05) is 17.3 Å². The second kappa shape index (κ2) is 5.92. The quantitative estimate of drug-likeness (QED) is 0.657. The van der Waals surface area contributed by atoms with Gasteiger partial charge in [0.15, 0.2) is 5.96 Å². The molecule has 2 heterocycles. The summed E-state index contributed by atoms with van der Waals surface area (Å²) in [5.74, 6) is 0.501. The summed E-state index contributed by atoms with van der Waals surface area (Å²) in [4.78, 5) is 5.86. The number of hydrogen-bond acceptors (Lipinski definition) is 3. The third kappa shape index (κ3) is 3.28. The highest BCUT2D eigenvalue weighted by atomic mass is 32.1. The lowest BCUT2D eigenvalue weighted by Crippen LogP contribution is -2.40. The number of thiophene rings is 1. The van der Waals surface area contributed by atoms with E-state index in [1.807, 2.05) is 0 Å². The summed E-state index contributed by atoms with van der Waals surface area (Å²) < 4.78 is 5.95. The molecule has 0 saturated carbocycles. The van der Waals surface area contributed by atoms with Gasteiger partial charge in [0.05, 0.1) is 13.2 Å².